The van der Waals surface area contributed by atoms with Gasteiger partial charge in [0.05, 0.1) is 0 Å². The second-order valence-electron chi connectivity index (χ2n) is 11.0. The van der Waals surface area contributed by atoms with Crippen LogP contribution in [0.3, 0.4) is 0 Å². The van der Waals surface area contributed by atoms with Gasteiger partial charge < -0.3 is 14.4 Å². The molecular weight excluding hydrogens is 522 g/mol. The summed E-state index contributed by atoms with van der Waals surface area (Å²) in [7, 11) is 0. The number of carbonyl (C=O) groups is 3. The summed E-state index contributed by atoms with van der Waals surface area (Å²) in [5.41, 5.74) is 2.64. The number of Topliss-reactive ketones (excluding diaryl/α,β-unsaturated/α-hetero) is 2. The Balaban J connectivity index is 1.59. The van der Waals surface area contributed by atoms with Gasteiger partial charge in [0.25, 0.3) is 0 Å². The van der Waals surface area contributed by atoms with Crippen LogP contribution >= 0.6 is 11.8 Å². The molecule has 1 heterocycles. The molecule has 2 atom stereocenters. The molecule has 0 unspecified atom stereocenters. The van der Waals surface area contributed by atoms with Gasteiger partial charge in [-0.2, -0.15) is 0 Å². The molecule has 0 N–H and O–H groups in total. The number of ketones is 2. The first kappa shape index (κ1) is 29.4. The highest BCUT2D eigenvalue weighted by Gasteiger charge is 2.40. The largest absolute Gasteiger partial charge is 0.480 e. The summed E-state index contributed by atoms with van der Waals surface area (Å²) in [6.45, 7) is 9.72. The lowest BCUT2D eigenvalue weighted by atomic mass is 9.84. The number of nitrogens with zero attached hydrogens (tertiary/aromatic N) is 1. The molecule has 3 aromatic rings. The van der Waals surface area contributed by atoms with E-state index in [-0.39, 0.29) is 23.4 Å². The number of para-hydroxylation sites is 1. The summed E-state index contributed by atoms with van der Waals surface area (Å²) < 4.78 is 11.7. The van der Waals surface area contributed by atoms with Gasteiger partial charge >= 0.3 is 6.09 Å². The van der Waals surface area contributed by atoms with Crippen molar-refractivity contribution in [3.8, 4) is 11.5 Å². The second-order valence-corrected chi connectivity index (χ2v) is 11.9. The number of hydrogen-bond acceptors (Lipinski definition) is 6. The molecule has 0 bridgehead atoms. The van der Waals surface area contributed by atoms with Crippen LogP contribution in [0.2, 0.25) is 0 Å². The number of benzene rings is 3. The van der Waals surface area contributed by atoms with E-state index in [1.165, 1.54) is 6.92 Å². The smallest absolute Gasteiger partial charge is 0.415 e. The van der Waals surface area contributed by atoms with Crippen molar-refractivity contribution in [2.45, 2.75) is 51.5 Å². The van der Waals surface area contributed by atoms with Crippen LogP contribution in [0, 0.1) is 25.7 Å². The van der Waals surface area contributed by atoms with Crippen molar-refractivity contribution >= 4 is 29.4 Å². The monoisotopic (exact) mass is 559 g/mol. The Morgan fingerprint density at radius 3 is 2.15 bits per heavy atom. The molecule has 1 aliphatic rings. The summed E-state index contributed by atoms with van der Waals surface area (Å²) in [6, 6.07) is 20.7. The third kappa shape index (κ3) is 6.76. The number of ether oxygens (including phenoxy) is 2. The van der Waals surface area contributed by atoms with Crippen molar-refractivity contribution in [2.24, 2.45) is 11.8 Å². The van der Waals surface area contributed by atoms with Crippen LogP contribution in [0.15, 0.2) is 71.6 Å². The number of likely N-dealkylation sites (tertiary alicyclic amines) is 1. The molecule has 210 valence electrons. The van der Waals surface area contributed by atoms with E-state index in [0.717, 1.165) is 21.6 Å². The molecule has 1 saturated heterocycles. The van der Waals surface area contributed by atoms with Gasteiger partial charge in [0.15, 0.2) is 17.2 Å². The highest BCUT2D eigenvalue weighted by Crippen LogP contribution is 2.34. The van der Waals surface area contributed by atoms with Crippen LogP contribution < -0.4 is 9.47 Å². The molecule has 40 heavy (non-hydrogen) atoms. The maximum Gasteiger partial charge on any atom is 0.415 e. The average molecular weight is 560 g/mol. The molecule has 1 aliphatic heterocycles. The first-order chi connectivity index (χ1) is 19.0. The van der Waals surface area contributed by atoms with E-state index in [1.54, 1.807) is 42.6 Å². The molecule has 0 aliphatic carbocycles. The molecule has 0 radical (unpaired) electrons. The van der Waals surface area contributed by atoms with E-state index in [2.05, 4.69) is 12.1 Å². The lowest BCUT2D eigenvalue weighted by molar-refractivity contribution is -0.129. The molecule has 3 aromatic carbocycles. The van der Waals surface area contributed by atoms with Crippen molar-refractivity contribution in [1.29, 1.82) is 0 Å². The number of thioether (sulfide) groups is 1. The number of rotatable bonds is 9. The third-order valence-electron chi connectivity index (χ3n) is 7.58. The van der Waals surface area contributed by atoms with Gasteiger partial charge in [0.2, 0.25) is 0 Å². The van der Waals surface area contributed by atoms with Gasteiger partial charge in [-0.1, -0.05) is 42.5 Å². The maximum atomic E-state index is 13.7. The van der Waals surface area contributed by atoms with Crippen molar-refractivity contribution in [2.75, 3.05) is 19.3 Å². The second kappa shape index (κ2) is 12.3. The zero-order valence-corrected chi connectivity index (χ0v) is 24.8. The Labute approximate surface area is 241 Å². The Bertz CT molecular complexity index is 1360. The summed E-state index contributed by atoms with van der Waals surface area (Å²) in [5, 5.41) is 0. The van der Waals surface area contributed by atoms with E-state index in [0.29, 0.717) is 36.6 Å². The molecule has 1 fully saturated rings. The number of amides is 1. The fourth-order valence-electron chi connectivity index (χ4n) is 5.10. The van der Waals surface area contributed by atoms with Gasteiger partial charge in [-0.3, -0.25) is 9.59 Å². The molecule has 7 heteroatoms. The molecular formula is C33H37NO5S. The maximum absolute atomic E-state index is 13.7. The lowest BCUT2D eigenvalue weighted by Crippen LogP contribution is -2.36. The topological polar surface area (TPSA) is 72.9 Å². The van der Waals surface area contributed by atoms with Crippen molar-refractivity contribution in [1.82, 2.24) is 4.90 Å². The van der Waals surface area contributed by atoms with E-state index in [9.17, 15) is 14.4 Å². The molecule has 1 amide bonds. The van der Waals surface area contributed by atoms with E-state index >= 15 is 0 Å². The minimum Gasteiger partial charge on any atom is -0.480 e. The van der Waals surface area contributed by atoms with Gasteiger partial charge in [-0.25, -0.2) is 4.79 Å². The highest BCUT2D eigenvalue weighted by atomic mass is 32.2. The van der Waals surface area contributed by atoms with Crippen LogP contribution in [-0.4, -0.2) is 47.5 Å². The SMILES string of the molecule is CSc1ccc(C(=O)[C@@H]2CN(C(=O)Oc3ccccc3)C[C@H]2Cc2cc(C)c(OC(C)(C)C(C)=O)c(C)c2)cc1. The molecule has 4 rings (SSSR count). The Kier molecular flexibility index (Phi) is 9.04. The van der Waals surface area contributed by atoms with Crippen molar-refractivity contribution in [3.63, 3.8) is 0 Å². The van der Waals surface area contributed by atoms with Crippen LogP contribution in [0.5, 0.6) is 11.5 Å². The minimum atomic E-state index is -0.925. The van der Waals surface area contributed by atoms with E-state index in [4.69, 9.17) is 9.47 Å². The number of hydrogen-bond donors (Lipinski definition) is 0. The normalized spacial score (nSPS) is 17.0. The lowest BCUT2D eigenvalue weighted by Gasteiger charge is -2.26. The quantitative estimate of drug-likeness (QED) is 0.209. The van der Waals surface area contributed by atoms with Gasteiger partial charge in [-0.05, 0) is 94.2 Å². The number of carbonyl (C=O) groups excluding carboxylic acids is 3. The summed E-state index contributed by atoms with van der Waals surface area (Å²) >= 11 is 1.63. The first-order valence-electron chi connectivity index (χ1n) is 13.5. The predicted molar refractivity (Wildman–Crippen MR) is 159 cm³/mol. The van der Waals surface area contributed by atoms with Crippen LogP contribution in [0.25, 0.3) is 0 Å². The van der Waals surface area contributed by atoms with Gasteiger partial charge in [0.1, 0.15) is 11.5 Å². The summed E-state index contributed by atoms with van der Waals surface area (Å²) in [4.78, 5) is 41.6. The first-order valence-corrected chi connectivity index (χ1v) is 14.7. The summed E-state index contributed by atoms with van der Waals surface area (Å²) in [6.07, 6.45) is 2.17. The molecule has 0 spiro atoms. The van der Waals surface area contributed by atoms with Crippen LogP contribution in [0.1, 0.15) is 47.8 Å². The Morgan fingerprint density at radius 1 is 0.950 bits per heavy atom. The third-order valence-corrected chi connectivity index (χ3v) is 8.33. The Hall–Kier alpha value is -3.58. The Morgan fingerprint density at radius 2 is 1.57 bits per heavy atom. The molecule has 0 aromatic heterocycles. The zero-order valence-electron chi connectivity index (χ0n) is 24.0. The van der Waals surface area contributed by atoms with Gasteiger partial charge in [-0.15, -0.1) is 11.8 Å². The highest BCUT2D eigenvalue weighted by molar-refractivity contribution is 7.98. The number of aryl methyl sites for hydroxylation is 2. The van der Waals surface area contributed by atoms with E-state index in [1.807, 2.05) is 62.6 Å². The molecule has 6 nitrogen and oxygen atoms in total. The van der Waals surface area contributed by atoms with Crippen molar-refractivity contribution < 1.29 is 23.9 Å². The average Bonchev–Trinajstić information content (AvgIpc) is 3.34. The van der Waals surface area contributed by atoms with Crippen molar-refractivity contribution in [3.05, 3.63) is 89.0 Å². The molecule has 0 saturated carbocycles. The fraction of sp³-hybridized carbons (Fsp3) is 0.364. The zero-order chi connectivity index (χ0) is 29.0. The predicted octanol–water partition coefficient (Wildman–Crippen LogP) is 6.94. The van der Waals surface area contributed by atoms with Crippen LogP contribution in [0.4, 0.5) is 4.79 Å². The summed E-state index contributed by atoms with van der Waals surface area (Å²) in [5.74, 6) is 0.707. The van der Waals surface area contributed by atoms with Crippen LogP contribution in [-0.2, 0) is 11.2 Å². The van der Waals surface area contributed by atoms with Gasteiger partial charge in [0, 0.05) is 29.5 Å². The standard InChI is InChI=1S/C33H37NO5S/c1-21-16-24(17-22(2)31(21)39-33(4,5)23(3)35)18-26-19-34(32(37)38-27-10-8-7-9-11-27)20-29(26)30(36)25-12-14-28(40-6)15-13-25/h7-17,26,29H,18-20H2,1-6H3/t26-,29-/m1/s1. The fourth-order valence-corrected chi connectivity index (χ4v) is 5.50. The van der Waals surface area contributed by atoms with E-state index < -0.39 is 11.7 Å². The minimum absolute atomic E-state index is 0.0317.